The van der Waals surface area contributed by atoms with Gasteiger partial charge in [-0.2, -0.15) is 0 Å². The highest BCUT2D eigenvalue weighted by Crippen LogP contribution is 2.30. The molecule has 0 radical (unpaired) electrons. The molecule has 0 saturated carbocycles. The second kappa shape index (κ2) is 8.20. The van der Waals surface area contributed by atoms with Crippen LogP contribution in [0.1, 0.15) is 51.8 Å². The van der Waals surface area contributed by atoms with Gasteiger partial charge >= 0.3 is 6.09 Å². The zero-order chi connectivity index (χ0) is 22.2. The summed E-state index contributed by atoms with van der Waals surface area (Å²) in [6.07, 6.45) is 6.00. The largest absolute Gasteiger partial charge is 0.482 e. The van der Waals surface area contributed by atoms with E-state index >= 15 is 0 Å². The number of ether oxygens (including phenoxy) is 2. The highest BCUT2D eigenvalue weighted by atomic mass is 16.6. The van der Waals surface area contributed by atoms with Crippen molar-refractivity contribution in [2.45, 2.75) is 58.6 Å². The Hall–Kier alpha value is -3.10. The molecule has 9 nitrogen and oxygen atoms in total. The Kier molecular flexibility index (Phi) is 5.60. The van der Waals surface area contributed by atoms with Gasteiger partial charge in [0.1, 0.15) is 16.9 Å². The minimum Gasteiger partial charge on any atom is -0.482 e. The van der Waals surface area contributed by atoms with Gasteiger partial charge in [-0.25, -0.2) is 14.5 Å². The lowest BCUT2D eigenvalue weighted by Gasteiger charge is -2.26. The summed E-state index contributed by atoms with van der Waals surface area (Å²) in [7, 11) is 1.64. The highest BCUT2D eigenvalue weighted by Gasteiger charge is 2.27. The third-order valence-electron chi connectivity index (χ3n) is 5.58. The van der Waals surface area contributed by atoms with Crippen molar-refractivity contribution in [2.24, 2.45) is 0 Å². The Morgan fingerprint density at radius 3 is 2.74 bits per heavy atom. The predicted octanol–water partition coefficient (Wildman–Crippen LogP) is 3.87. The van der Waals surface area contributed by atoms with Gasteiger partial charge in [-0.05, 0) is 53.0 Å². The highest BCUT2D eigenvalue weighted by molar-refractivity contribution is 5.68. The molecule has 3 aromatic heterocycles. The summed E-state index contributed by atoms with van der Waals surface area (Å²) in [6.45, 7) is 9.04. The van der Waals surface area contributed by atoms with Gasteiger partial charge in [0.15, 0.2) is 5.88 Å². The average molecular weight is 427 g/mol. The van der Waals surface area contributed by atoms with Crippen molar-refractivity contribution in [1.82, 2.24) is 29.3 Å². The number of rotatable bonds is 3. The SMILES string of the molecule is COc1cc(-c2nnn(C3CCCN(C(=O)OC(C)(C)C)CC3)c2C)cc2nccn12. The van der Waals surface area contributed by atoms with Crippen molar-refractivity contribution in [3.05, 3.63) is 30.2 Å². The molecule has 3 aromatic rings. The first-order valence-corrected chi connectivity index (χ1v) is 10.7. The lowest BCUT2D eigenvalue weighted by Crippen LogP contribution is -2.37. The molecule has 0 bridgehead atoms. The first-order chi connectivity index (χ1) is 14.8. The molecule has 1 aliphatic heterocycles. The summed E-state index contributed by atoms with van der Waals surface area (Å²) < 4.78 is 14.9. The lowest BCUT2D eigenvalue weighted by atomic mass is 10.1. The number of hydrogen-bond acceptors (Lipinski definition) is 6. The molecule has 0 aromatic carbocycles. The summed E-state index contributed by atoms with van der Waals surface area (Å²) in [6, 6.07) is 4.12. The molecule has 31 heavy (non-hydrogen) atoms. The van der Waals surface area contributed by atoms with Crippen LogP contribution in [0.4, 0.5) is 4.79 Å². The number of pyridine rings is 1. The van der Waals surface area contributed by atoms with Crippen LogP contribution in [0.5, 0.6) is 5.88 Å². The van der Waals surface area contributed by atoms with Gasteiger partial charge in [-0.15, -0.1) is 5.10 Å². The quantitative estimate of drug-likeness (QED) is 0.632. The first-order valence-electron chi connectivity index (χ1n) is 10.7. The van der Waals surface area contributed by atoms with Gasteiger partial charge in [0.05, 0.1) is 18.8 Å². The van der Waals surface area contributed by atoms with Gasteiger partial charge in [0.2, 0.25) is 0 Å². The van der Waals surface area contributed by atoms with Crippen LogP contribution < -0.4 is 4.74 Å². The van der Waals surface area contributed by atoms with Gasteiger partial charge < -0.3 is 14.4 Å². The first kappa shape index (κ1) is 21.1. The number of carbonyl (C=O) groups excluding carboxylic acids is 1. The smallest absolute Gasteiger partial charge is 0.410 e. The van der Waals surface area contributed by atoms with E-state index in [4.69, 9.17) is 9.47 Å². The zero-order valence-corrected chi connectivity index (χ0v) is 18.8. The molecular formula is C22H30N6O3. The minimum absolute atomic E-state index is 0.186. The van der Waals surface area contributed by atoms with E-state index in [-0.39, 0.29) is 12.1 Å². The van der Waals surface area contributed by atoms with Crippen molar-refractivity contribution >= 4 is 11.7 Å². The number of amides is 1. The number of aromatic nitrogens is 5. The van der Waals surface area contributed by atoms with Crippen LogP contribution in [0.2, 0.25) is 0 Å². The van der Waals surface area contributed by atoms with Crippen molar-refractivity contribution < 1.29 is 14.3 Å². The third kappa shape index (κ3) is 4.35. The molecule has 0 N–H and O–H groups in total. The van der Waals surface area contributed by atoms with Gasteiger partial charge in [-0.1, -0.05) is 5.21 Å². The Morgan fingerprint density at radius 1 is 1.19 bits per heavy atom. The zero-order valence-electron chi connectivity index (χ0n) is 18.8. The molecule has 0 spiro atoms. The summed E-state index contributed by atoms with van der Waals surface area (Å²) in [4.78, 5) is 18.6. The second-order valence-corrected chi connectivity index (χ2v) is 8.96. The molecule has 1 unspecified atom stereocenters. The number of imidazole rings is 1. The van der Waals surface area contributed by atoms with E-state index in [2.05, 4.69) is 15.3 Å². The number of methoxy groups -OCH3 is 1. The van der Waals surface area contributed by atoms with Gasteiger partial charge in [-0.3, -0.25) is 4.40 Å². The Bertz CT molecular complexity index is 1080. The van der Waals surface area contributed by atoms with Crippen molar-refractivity contribution in [2.75, 3.05) is 20.2 Å². The van der Waals surface area contributed by atoms with Crippen LogP contribution in [0, 0.1) is 6.92 Å². The molecule has 1 saturated heterocycles. The molecular weight excluding hydrogens is 396 g/mol. The summed E-state index contributed by atoms with van der Waals surface area (Å²) in [5.41, 5.74) is 3.04. The fourth-order valence-electron chi connectivity index (χ4n) is 4.07. The van der Waals surface area contributed by atoms with Crippen LogP contribution in [0.15, 0.2) is 24.5 Å². The van der Waals surface area contributed by atoms with Crippen molar-refractivity contribution in [3.8, 4) is 17.1 Å². The molecule has 1 fully saturated rings. The number of hydrogen-bond donors (Lipinski definition) is 0. The number of nitrogens with zero attached hydrogens (tertiary/aromatic N) is 6. The van der Waals surface area contributed by atoms with E-state index in [0.717, 1.165) is 41.9 Å². The van der Waals surface area contributed by atoms with Crippen LogP contribution in [-0.2, 0) is 4.74 Å². The van der Waals surface area contributed by atoms with Gasteiger partial charge in [0, 0.05) is 37.1 Å². The van der Waals surface area contributed by atoms with Crippen LogP contribution >= 0.6 is 0 Å². The molecule has 4 rings (SSSR count). The van der Waals surface area contributed by atoms with Crippen LogP contribution in [0.25, 0.3) is 16.9 Å². The third-order valence-corrected chi connectivity index (χ3v) is 5.58. The van der Waals surface area contributed by atoms with Gasteiger partial charge in [0.25, 0.3) is 0 Å². The molecule has 1 atom stereocenters. The van der Waals surface area contributed by atoms with E-state index < -0.39 is 5.60 Å². The van der Waals surface area contributed by atoms with E-state index in [0.29, 0.717) is 19.0 Å². The molecule has 1 aliphatic rings. The van der Waals surface area contributed by atoms with E-state index in [1.165, 1.54) is 0 Å². The Labute approximate surface area is 182 Å². The number of fused-ring (bicyclic) bond motifs is 1. The Balaban J connectivity index is 1.54. The molecule has 0 aliphatic carbocycles. The summed E-state index contributed by atoms with van der Waals surface area (Å²) in [5, 5.41) is 8.95. The Morgan fingerprint density at radius 2 is 2.00 bits per heavy atom. The van der Waals surface area contributed by atoms with Crippen molar-refractivity contribution in [3.63, 3.8) is 0 Å². The standard InChI is InChI=1S/C22H30N6O3/c1-15-20(16-13-18-23-9-12-27(18)19(14-16)30-5)24-25-28(15)17-7-6-10-26(11-8-17)21(29)31-22(2,3)4/h9,12-14,17H,6-8,10-11H2,1-5H3. The molecule has 9 heteroatoms. The molecule has 166 valence electrons. The monoisotopic (exact) mass is 426 g/mol. The normalized spacial score (nSPS) is 17.6. The van der Waals surface area contributed by atoms with Crippen molar-refractivity contribution in [1.29, 1.82) is 0 Å². The van der Waals surface area contributed by atoms with E-state index in [1.54, 1.807) is 18.2 Å². The fraction of sp³-hybridized carbons (Fsp3) is 0.545. The maximum Gasteiger partial charge on any atom is 0.410 e. The molecule has 1 amide bonds. The summed E-state index contributed by atoms with van der Waals surface area (Å²) >= 11 is 0. The topological polar surface area (TPSA) is 86.8 Å². The average Bonchev–Trinajstić information content (AvgIpc) is 3.25. The minimum atomic E-state index is -0.489. The van der Waals surface area contributed by atoms with Crippen LogP contribution in [0.3, 0.4) is 0 Å². The molecule has 4 heterocycles. The maximum atomic E-state index is 12.5. The number of carbonyl (C=O) groups is 1. The van der Waals surface area contributed by atoms with E-state index in [1.807, 2.05) is 55.1 Å². The summed E-state index contributed by atoms with van der Waals surface area (Å²) in [5.74, 6) is 0.696. The predicted molar refractivity (Wildman–Crippen MR) is 116 cm³/mol. The second-order valence-electron chi connectivity index (χ2n) is 8.96. The lowest BCUT2D eigenvalue weighted by molar-refractivity contribution is 0.0255. The fourth-order valence-corrected chi connectivity index (χ4v) is 4.07. The maximum absolute atomic E-state index is 12.5. The number of likely N-dealkylation sites (tertiary alicyclic amines) is 1. The van der Waals surface area contributed by atoms with E-state index in [9.17, 15) is 4.79 Å². The van der Waals surface area contributed by atoms with Crippen LogP contribution in [-0.4, -0.2) is 61.2 Å².